The van der Waals surface area contributed by atoms with Gasteiger partial charge in [-0.3, -0.25) is 4.79 Å². The fourth-order valence-corrected chi connectivity index (χ4v) is 1.69. The number of hydrogen-bond donors (Lipinski definition) is 0. The van der Waals surface area contributed by atoms with E-state index in [1.54, 1.807) is 0 Å². The largest absolute Gasteiger partial charge is 0.294 e. The highest BCUT2D eigenvalue weighted by molar-refractivity contribution is 5.97. The van der Waals surface area contributed by atoms with Crippen LogP contribution < -0.4 is 0 Å². The Balaban J connectivity index is 0. The third kappa shape index (κ3) is 11.3. The standard InChI is InChI=1S/C18H22O.2C2H6/c1-5-6-16(10-7-14(2)3)13-18(19)17-11-8-15(4)9-12-17;2*1-2/h5-12H,13H2,1-4H3;2*1-2H3/b6-5-,16-10+;;. The minimum atomic E-state index is 0.159. The minimum Gasteiger partial charge on any atom is -0.294 e. The maximum absolute atomic E-state index is 12.2. The van der Waals surface area contributed by atoms with E-state index >= 15 is 0 Å². The number of carbonyl (C=O) groups is 1. The first-order chi connectivity index (χ1) is 11.0. The SMILES string of the molecule is C/C=C\C(=C/C=C(C)C)CC(=O)c1ccc(C)cc1.CC.CC. The molecular weight excluding hydrogens is 280 g/mol. The highest BCUT2D eigenvalue weighted by atomic mass is 16.1. The van der Waals surface area contributed by atoms with E-state index < -0.39 is 0 Å². The lowest BCUT2D eigenvalue weighted by molar-refractivity contribution is 0.0994. The Morgan fingerprint density at radius 2 is 1.48 bits per heavy atom. The van der Waals surface area contributed by atoms with Crippen molar-refractivity contribution in [2.45, 2.75) is 61.8 Å². The molecule has 1 aromatic rings. The Kier molecular flexibility index (Phi) is 15.3. The number of benzene rings is 1. The van der Waals surface area contributed by atoms with Crippen LogP contribution in [0.25, 0.3) is 0 Å². The van der Waals surface area contributed by atoms with Crippen LogP contribution >= 0.6 is 0 Å². The van der Waals surface area contributed by atoms with Gasteiger partial charge in [0.1, 0.15) is 0 Å². The zero-order valence-corrected chi connectivity index (χ0v) is 16.2. The summed E-state index contributed by atoms with van der Waals surface area (Å²) in [5, 5.41) is 0. The highest BCUT2D eigenvalue weighted by Crippen LogP contribution is 2.12. The van der Waals surface area contributed by atoms with Crippen LogP contribution in [-0.2, 0) is 0 Å². The Morgan fingerprint density at radius 3 is 1.91 bits per heavy atom. The van der Waals surface area contributed by atoms with Crippen molar-refractivity contribution in [3.63, 3.8) is 0 Å². The fourth-order valence-electron chi connectivity index (χ4n) is 1.69. The van der Waals surface area contributed by atoms with Crippen LogP contribution in [-0.4, -0.2) is 5.78 Å². The molecule has 0 atom stereocenters. The van der Waals surface area contributed by atoms with Gasteiger partial charge in [-0.05, 0) is 33.3 Å². The molecule has 23 heavy (non-hydrogen) atoms. The first kappa shape index (κ1) is 23.4. The molecular formula is C22H34O. The summed E-state index contributed by atoms with van der Waals surface area (Å²) >= 11 is 0. The average Bonchev–Trinajstić information content (AvgIpc) is 2.57. The fraction of sp³-hybridized carbons (Fsp3) is 0.409. The number of hydrogen-bond acceptors (Lipinski definition) is 1. The number of Topliss-reactive ketones (excluding diaryl/α,β-unsaturated/α-hetero) is 1. The van der Waals surface area contributed by atoms with Gasteiger partial charge in [0, 0.05) is 12.0 Å². The average molecular weight is 315 g/mol. The maximum Gasteiger partial charge on any atom is 0.167 e. The molecule has 1 rings (SSSR count). The van der Waals surface area contributed by atoms with E-state index in [-0.39, 0.29) is 5.78 Å². The van der Waals surface area contributed by atoms with E-state index in [9.17, 15) is 4.79 Å². The molecule has 0 radical (unpaired) electrons. The van der Waals surface area contributed by atoms with Crippen molar-refractivity contribution >= 4 is 5.78 Å². The van der Waals surface area contributed by atoms with Gasteiger partial charge in [-0.25, -0.2) is 0 Å². The molecule has 0 bridgehead atoms. The van der Waals surface area contributed by atoms with Crippen molar-refractivity contribution in [2.24, 2.45) is 0 Å². The molecule has 0 aliphatic rings. The van der Waals surface area contributed by atoms with Crippen LogP contribution in [0.3, 0.4) is 0 Å². The molecule has 0 aliphatic heterocycles. The third-order valence-corrected chi connectivity index (χ3v) is 2.75. The second-order valence-corrected chi connectivity index (χ2v) is 4.95. The van der Waals surface area contributed by atoms with Gasteiger partial charge < -0.3 is 0 Å². The predicted molar refractivity (Wildman–Crippen MR) is 105 cm³/mol. The normalized spacial score (nSPS) is 10.2. The summed E-state index contributed by atoms with van der Waals surface area (Å²) in [6.45, 7) is 16.1. The maximum atomic E-state index is 12.2. The highest BCUT2D eigenvalue weighted by Gasteiger charge is 2.06. The topological polar surface area (TPSA) is 17.1 Å². The molecule has 0 saturated heterocycles. The minimum absolute atomic E-state index is 0.159. The number of allylic oxidation sites excluding steroid dienone is 6. The molecule has 0 saturated carbocycles. The van der Waals surface area contributed by atoms with Crippen LogP contribution in [0.4, 0.5) is 0 Å². The van der Waals surface area contributed by atoms with Crippen LogP contribution in [0.5, 0.6) is 0 Å². The van der Waals surface area contributed by atoms with Crippen molar-refractivity contribution in [2.75, 3.05) is 0 Å². The van der Waals surface area contributed by atoms with Crippen molar-refractivity contribution in [1.82, 2.24) is 0 Å². The molecule has 1 nitrogen and oxygen atoms in total. The lowest BCUT2D eigenvalue weighted by Gasteiger charge is -2.03. The number of rotatable bonds is 5. The Hall–Kier alpha value is -1.89. The van der Waals surface area contributed by atoms with Gasteiger partial charge >= 0.3 is 0 Å². The van der Waals surface area contributed by atoms with Crippen molar-refractivity contribution in [3.05, 3.63) is 70.8 Å². The molecule has 0 aromatic heterocycles. The predicted octanol–water partition coefficient (Wildman–Crippen LogP) is 7.09. The molecule has 1 heteroatoms. The van der Waals surface area contributed by atoms with E-state index in [0.717, 1.165) is 11.1 Å². The second-order valence-electron chi connectivity index (χ2n) is 4.95. The van der Waals surface area contributed by atoms with Gasteiger partial charge in [0.25, 0.3) is 0 Å². The summed E-state index contributed by atoms with van der Waals surface area (Å²) in [4.78, 5) is 12.2. The smallest absolute Gasteiger partial charge is 0.167 e. The Labute approximate surface area is 143 Å². The first-order valence-corrected chi connectivity index (χ1v) is 8.59. The van der Waals surface area contributed by atoms with Crippen LogP contribution in [0.1, 0.15) is 70.8 Å². The van der Waals surface area contributed by atoms with E-state index in [4.69, 9.17) is 0 Å². The van der Waals surface area contributed by atoms with E-state index in [0.29, 0.717) is 6.42 Å². The molecule has 0 aliphatic carbocycles. The van der Waals surface area contributed by atoms with Gasteiger partial charge in [-0.1, -0.05) is 87.4 Å². The molecule has 1 aromatic carbocycles. The first-order valence-electron chi connectivity index (χ1n) is 8.59. The summed E-state index contributed by atoms with van der Waals surface area (Å²) in [5.74, 6) is 0.159. The zero-order valence-electron chi connectivity index (χ0n) is 16.2. The molecule has 128 valence electrons. The lowest BCUT2D eigenvalue weighted by atomic mass is 10.0. The van der Waals surface area contributed by atoms with Gasteiger partial charge in [-0.2, -0.15) is 0 Å². The summed E-state index contributed by atoms with van der Waals surface area (Å²) in [5.41, 5.74) is 4.21. The summed E-state index contributed by atoms with van der Waals surface area (Å²) < 4.78 is 0. The van der Waals surface area contributed by atoms with E-state index in [2.05, 4.69) is 0 Å². The molecule has 0 amide bonds. The monoisotopic (exact) mass is 314 g/mol. The number of aryl methyl sites for hydroxylation is 1. The lowest BCUT2D eigenvalue weighted by Crippen LogP contribution is -2.00. The molecule has 0 heterocycles. The van der Waals surface area contributed by atoms with E-state index in [1.165, 1.54) is 11.1 Å². The molecule has 0 fully saturated rings. The summed E-state index contributed by atoms with van der Waals surface area (Å²) in [6.07, 6.45) is 8.45. The van der Waals surface area contributed by atoms with Crippen molar-refractivity contribution in [1.29, 1.82) is 0 Å². The second kappa shape index (κ2) is 15.0. The van der Waals surface area contributed by atoms with Gasteiger partial charge in [-0.15, -0.1) is 0 Å². The van der Waals surface area contributed by atoms with Gasteiger partial charge in [0.15, 0.2) is 5.78 Å². The summed E-state index contributed by atoms with van der Waals surface area (Å²) in [7, 11) is 0. The third-order valence-electron chi connectivity index (χ3n) is 2.75. The Morgan fingerprint density at radius 1 is 0.957 bits per heavy atom. The Bertz CT molecular complexity index is 509. The quantitative estimate of drug-likeness (QED) is 0.419. The van der Waals surface area contributed by atoms with Crippen LogP contribution in [0.15, 0.2) is 59.7 Å². The van der Waals surface area contributed by atoms with Gasteiger partial charge in [0.05, 0.1) is 0 Å². The van der Waals surface area contributed by atoms with Gasteiger partial charge in [0.2, 0.25) is 0 Å². The van der Waals surface area contributed by atoms with Crippen LogP contribution in [0.2, 0.25) is 0 Å². The molecule has 0 spiro atoms. The molecule has 0 unspecified atom stereocenters. The van der Waals surface area contributed by atoms with E-state index in [1.807, 2.05) is 104 Å². The summed E-state index contributed by atoms with van der Waals surface area (Å²) in [6, 6.07) is 7.74. The van der Waals surface area contributed by atoms with Crippen molar-refractivity contribution in [3.8, 4) is 0 Å². The van der Waals surface area contributed by atoms with Crippen molar-refractivity contribution < 1.29 is 4.79 Å². The van der Waals surface area contributed by atoms with Crippen LogP contribution in [0, 0.1) is 6.92 Å². The number of carbonyl (C=O) groups excluding carboxylic acids is 1. The zero-order chi connectivity index (χ0) is 18.3. The molecule has 0 N–H and O–H groups in total. The number of ketones is 1.